The van der Waals surface area contributed by atoms with Crippen LogP contribution in [0.4, 0.5) is 0 Å². The number of guanidine groups is 1. The summed E-state index contributed by atoms with van der Waals surface area (Å²) in [5.74, 6) is 1.85. The van der Waals surface area contributed by atoms with E-state index < -0.39 is 0 Å². The summed E-state index contributed by atoms with van der Waals surface area (Å²) < 4.78 is 2.06. The van der Waals surface area contributed by atoms with E-state index in [1.165, 1.54) is 4.88 Å². The van der Waals surface area contributed by atoms with Crippen LogP contribution in [0, 0.1) is 6.92 Å². The molecule has 0 saturated carbocycles. The first-order chi connectivity index (χ1) is 11.2. The summed E-state index contributed by atoms with van der Waals surface area (Å²) in [6.07, 6.45) is 5.45. The van der Waals surface area contributed by atoms with Crippen LogP contribution in [0.5, 0.6) is 0 Å². The van der Waals surface area contributed by atoms with Crippen LogP contribution in [0.15, 0.2) is 17.5 Å². The zero-order valence-electron chi connectivity index (χ0n) is 14.0. The molecule has 2 aromatic rings. The number of hydrogen-bond acceptors (Lipinski definition) is 5. The van der Waals surface area contributed by atoms with Gasteiger partial charge in [0.25, 0.3) is 0 Å². The van der Waals surface area contributed by atoms with Crippen molar-refractivity contribution in [2.24, 2.45) is 4.99 Å². The van der Waals surface area contributed by atoms with Gasteiger partial charge in [0.05, 0.1) is 5.01 Å². The normalized spacial score (nSPS) is 11.7. The fourth-order valence-electron chi connectivity index (χ4n) is 2.16. The second-order valence-electron chi connectivity index (χ2n) is 5.10. The number of rotatable bonds is 8. The van der Waals surface area contributed by atoms with Crippen molar-refractivity contribution in [1.82, 2.24) is 30.4 Å². The molecule has 0 aliphatic rings. The van der Waals surface area contributed by atoms with Crippen molar-refractivity contribution in [2.45, 2.75) is 40.2 Å². The van der Waals surface area contributed by atoms with Crippen LogP contribution in [0.1, 0.15) is 29.6 Å². The van der Waals surface area contributed by atoms with E-state index in [1.54, 1.807) is 17.7 Å². The molecule has 0 aliphatic heterocycles. The number of aromatic nitrogens is 4. The van der Waals surface area contributed by atoms with Gasteiger partial charge in [-0.25, -0.2) is 4.98 Å². The van der Waals surface area contributed by atoms with E-state index in [0.29, 0.717) is 0 Å². The third-order valence-corrected chi connectivity index (χ3v) is 4.24. The maximum Gasteiger partial charge on any atom is 0.191 e. The van der Waals surface area contributed by atoms with Crippen molar-refractivity contribution in [3.05, 3.63) is 28.2 Å². The molecule has 2 rings (SSSR count). The molecule has 0 unspecified atom stereocenters. The summed E-state index contributed by atoms with van der Waals surface area (Å²) >= 11 is 1.73. The molecule has 0 amide bonds. The lowest BCUT2D eigenvalue weighted by Gasteiger charge is -2.12. The highest BCUT2D eigenvalue weighted by atomic mass is 32.1. The predicted molar refractivity (Wildman–Crippen MR) is 93.9 cm³/mol. The number of thiazole rings is 1. The van der Waals surface area contributed by atoms with Crippen molar-refractivity contribution >= 4 is 17.3 Å². The Morgan fingerprint density at radius 1 is 1.35 bits per heavy atom. The van der Waals surface area contributed by atoms with E-state index in [0.717, 1.165) is 55.8 Å². The van der Waals surface area contributed by atoms with Crippen LogP contribution < -0.4 is 10.6 Å². The van der Waals surface area contributed by atoms with Crippen molar-refractivity contribution in [2.75, 3.05) is 19.6 Å². The summed E-state index contributed by atoms with van der Waals surface area (Å²) in [5.41, 5.74) is 0. The average Bonchev–Trinajstić information content (AvgIpc) is 3.16. The number of hydrogen-bond donors (Lipinski definition) is 2. The van der Waals surface area contributed by atoms with Crippen LogP contribution >= 0.6 is 11.3 Å². The van der Waals surface area contributed by atoms with Gasteiger partial charge in [-0.15, -0.1) is 21.5 Å². The summed E-state index contributed by atoms with van der Waals surface area (Å²) in [5, 5.41) is 15.8. The summed E-state index contributed by atoms with van der Waals surface area (Å²) in [4.78, 5) is 10.2. The molecule has 23 heavy (non-hydrogen) atoms. The van der Waals surface area contributed by atoms with Crippen LogP contribution in [0.3, 0.4) is 0 Å². The molecule has 2 N–H and O–H groups in total. The lowest BCUT2D eigenvalue weighted by Crippen LogP contribution is -2.39. The minimum atomic E-state index is 0.731. The van der Waals surface area contributed by atoms with Gasteiger partial charge in [0.1, 0.15) is 12.2 Å². The molecule has 0 bridgehead atoms. The minimum Gasteiger partial charge on any atom is -0.357 e. The molecule has 2 aromatic heterocycles. The smallest absolute Gasteiger partial charge is 0.191 e. The Balaban J connectivity index is 1.79. The first-order valence-corrected chi connectivity index (χ1v) is 8.84. The van der Waals surface area contributed by atoms with E-state index in [1.807, 2.05) is 6.20 Å². The monoisotopic (exact) mass is 335 g/mol. The minimum absolute atomic E-state index is 0.731. The highest BCUT2D eigenvalue weighted by Gasteiger charge is 2.03. The van der Waals surface area contributed by atoms with Crippen molar-refractivity contribution in [1.29, 1.82) is 0 Å². The summed E-state index contributed by atoms with van der Waals surface area (Å²) in [7, 11) is 0. The van der Waals surface area contributed by atoms with E-state index in [2.05, 4.69) is 56.1 Å². The van der Waals surface area contributed by atoms with E-state index >= 15 is 0 Å². The van der Waals surface area contributed by atoms with Gasteiger partial charge in [-0.05, 0) is 13.8 Å². The molecule has 0 fully saturated rings. The second-order valence-corrected chi connectivity index (χ2v) is 6.42. The van der Waals surface area contributed by atoms with Gasteiger partial charge in [0.15, 0.2) is 5.96 Å². The van der Waals surface area contributed by atoms with E-state index in [4.69, 9.17) is 0 Å². The van der Waals surface area contributed by atoms with Gasteiger partial charge in [-0.2, -0.15) is 0 Å². The molecular weight excluding hydrogens is 310 g/mol. The number of aryl methyl sites for hydroxylation is 2. The Morgan fingerprint density at radius 2 is 2.22 bits per heavy atom. The molecule has 2 heterocycles. The molecule has 0 aromatic carbocycles. The van der Waals surface area contributed by atoms with E-state index in [-0.39, 0.29) is 0 Å². The molecule has 0 radical (unpaired) electrons. The fourth-order valence-corrected chi connectivity index (χ4v) is 2.93. The lowest BCUT2D eigenvalue weighted by atomic mass is 10.4. The van der Waals surface area contributed by atoms with Crippen LogP contribution in [0.2, 0.25) is 0 Å². The molecule has 8 heteroatoms. The standard InChI is InChI=1S/C15H25N7S/c1-4-13-21-20-11-22(13)9-8-18-15(16-5-2)17-7-6-14-19-10-12(3)23-14/h10-11H,4-9H2,1-3H3,(H2,16,17,18). The van der Waals surface area contributed by atoms with Crippen LogP contribution in [-0.4, -0.2) is 45.3 Å². The first-order valence-electron chi connectivity index (χ1n) is 8.03. The number of nitrogens with one attached hydrogen (secondary N) is 2. The van der Waals surface area contributed by atoms with Crippen molar-refractivity contribution in [3.8, 4) is 0 Å². The van der Waals surface area contributed by atoms with Crippen molar-refractivity contribution < 1.29 is 0 Å². The molecule has 0 spiro atoms. The zero-order valence-corrected chi connectivity index (χ0v) is 14.9. The predicted octanol–water partition coefficient (Wildman–Crippen LogP) is 1.40. The SMILES string of the molecule is CCNC(=NCCc1ncc(C)s1)NCCn1cnnc1CC. The van der Waals surface area contributed by atoms with Gasteiger partial charge in [0.2, 0.25) is 0 Å². The Morgan fingerprint density at radius 3 is 2.91 bits per heavy atom. The zero-order chi connectivity index (χ0) is 16.5. The second kappa shape index (κ2) is 9.24. The Hall–Kier alpha value is -1.96. The highest BCUT2D eigenvalue weighted by molar-refractivity contribution is 7.11. The van der Waals surface area contributed by atoms with Crippen LogP contribution in [-0.2, 0) is 19.4 Å². The fraction of sp³-hybridized carbons (Fsp3) is 0.600. The van der Waals surface area contributed by atoms with Gasteiger partial charge < -0.3 is 15.2 Å². The average molecular weight is 335 g/mol. The van der Waals surface area contributed by atoms with Gasteiger partial charge >= 0.3 is 0 Å². The molecule has 0 atom stereocenters. The van der Waals surface area contributed by atoms with Crippen molar-refractivity contribution in [3.63, 3.8) is 0 Å². The van der Waals surface area contributed by atoms with E-state index in [9.17, 15) is 0 Å². The Bertz CT molecular complexity index is 617. The molecule has 126 valence electrons. The highest BCUT2D eigenvalue weighted by Crippen LogP contribution is 2.11. The summed E-state index contributed by atoms with van der Waals surface area (Å²) in [6, 6.07) is 0. The maximum atomic E-state index is 4.60. The first kappa shape index (κ1) is 17.4. The number of aliphatic imine (C=N–C) groups is 1. The summed E-state index contributed by atoms with van der Waals surface area (Å²) in [6.45, 7) is 9.41. The third kappa shape index (κ3) is 5.63. The van der Waals surface area contributed by atoms with Gasteiger partial charge in [-0.3, -0.25) is 4.99 Å². The third-order valence-electron chi connectivity index (χ3n) is 3.27. The maximum absolute atomic E-state index is 4.60. The molecule has 0 saturated heterocycles. The quantitative estimate of drug-likeness (QED) is 0.563. The largest absolute Gasteiger partial charge is 0.357 e. The molecule has 0 aliphatic carbocycles. The van der Waals surface area contributed by atoms with Crippen LogP contribution in [0.25, 0.3) is 0 Å². The number of nitrogens with zero attached hydrogens (tertiary/aromatic N) is 5. The Kier molecular flexibility index (Phi) is 6.99. The lowest BCUT2D eigenvalue weighted by molar-refractivity contribution is 0.632. The molecule has 7 nitrogen and oxygen atoms in total. The van der Waals surface area contributed by atoms with Gasteiger partial charge in [-0.1, -0.05) is 6.92 Å². The molecular formula is C15H25N7S. The van der Waals surface area contributed by atoms with Gasteiger partial charge in [0, 0.05) is 50.1 Å². The Labute approximate surface area is 141 Å². The topological polar surface area (TPSA) is 80.0 Å².